The summed E-state index contributed by atoms with van der Waals surface area (Å²) >= 11 is 0. The number of aliphatic hydroxyl groups is 2. The van der Waals surface area contributed by atoms with Gasteiger partial charge in [-0.2, -0.15) is 0 Å². The quantitative estimate of drug-likeness (QED) is 0.0320. The summed E-state index contributed by atoms with van der Waals surface area (Å²) < 4.78 is 5.50. The van der Waals surface area contributed by atoms with Crippen LogP contribution < -0.4 is 5.32 Å². The molecule has 6 nitrogen and oxygen atoms in total. The van der Waals surface area contributed by atoms with Crippen LogP contribution in [0.4, 0.5) is 0 Å². The number of carbonyl (C=O) groups excluding carboxylic acids is 2. The van der Waals surface area contributed by atoms with Gasteiger partial charge >= 0.3 is 5.97 Å². The van der Waals surface area contributed by atoms with E-state index in [1.54, 1.807) is 6.08 Å². The third-order valence-corrected chi connectivity index (χ3v) is 15.7. The molecule has 0 radical (unpaired) electrons. The van der Waals surface area contributed by atoms with Crippen LogP contribution in [0, 0.1) is 0 Å². The van der Waals surface area contributed by atoms with E-state index < -0.39 is 12.1 Å². The fraction of sp³-hybridized carbons (Fsp3) is 0.884. The first-order valence-corrected chi connectivity index (χ1v) is 33.8. The van der Waals surface area contributed by atoms with Crippen LogP contribution in [0.5, 0.6) is 0 Å². The van der Waals surface area contributed by atoms with Gasteiger partial charge in [0.15, 0.2) is 0 Å². The predicted octanol–water partition coefficient (Wildman–Crippen LogP) is 21.5. The lowest BCUT2D eigenvalue weighted by Crippen LogP contribution is -2.45. The largest absolute Gasteiger partial charge is 0.466 e. The SMILES string of the molecule is CCCCCCCCC/C=C/C(O)C(CO)NC(=O)CCCCCCCCCCCCCCCCCCC/C=C\C/C=C\CCCCCCCCCCCOC(=O)CCCCCCCCCCCCCCCCCC. The van der Waals surface area contributed by atoms with Crippen molar-refractivity contribution in [3.8, 4) is 0 Å². The molecule has 3 N–H and O–H groups in total. The molecule has 1 amide bonds. The highest BCUT2D eigenvalue weighted by Gasteiger charge is 2.18. The zero-order chi connectivity index (χ0) is 54.3. The summed E-state index contributed by atoms with van der Waals surface area (Å²) in [5.41, 5.74) is 0. The maximum atomic E-state index is 12.4. The standard InChI is InChI=1S/C69H131NO5/c1-3-5-7-9-11-13-14-15-16-37-40-43-47-51-55-59-63-69(74)75-64-60-56-52-48-44-41-38-35-33-31-29-27-25-23-21-19-17-18-20-22-24-26-28-30-32-34-36-39-42-46-50-54-58-62-68(73)70-66(65-71)67(72)61-57-53-49-45-12-10-8-6-4-2/h21,23,27,29,57,61,66-67,71-72H,3-20,22,24-26,28,30-56,58-60,62-65H2,1-2H3,(H,70,73)/b23-21-,29-27-,61-57+. The summed E-state index contributed by atoms with van der Waals surface area (Å²) in [4.78, 5) is 24.5. The van der Waals surface area contributed by atoms with E-state index in [-0.39, 0.29) is 18.5 Å². The summed E-state index contributed by atoms with van der Waals surface area (Å²) in [6, 6.07) is -0.624. The van der Waals surface area contributed by atoms with Gasteiger partial charge in [-0.25, -0.2) is 0 Å². The number of amides is 1. The number of aliphatic hydroxyl groups excluding tert-OH is 2. The van der Waals surface area contributed by atoms with Gasteiger partial charge < -0.3 is 20.3 Å². The highest BCUT2D eigenvalue weighted by molar-refractivity contribution is 5.76. The van der Waals surface area contributed by atoms with E-state index in [9.17, 15) is 19.8 Å². The average Bonchev–Trinajstić information content (AvgIpc) is 3.41. The number of esters is 1. The Kier molecular flexibility index (Phi) is 63.0. The second-order valence-corrected chi connectivity index (χ2v) is 23.2. The number of nitrogens with one attached hydrogen (secondary N) is 1. The highest BCUT2D eigenvalue weighted by Crippen LogP contribution is 2.18. The maximum Gasteiger partial charge on any atom is 0.305 e. The molecule has 0 aromatic rings. The van der Waals surface area contributed by atoms with Crippen LogP contribution in [-0.2, 0) is 14.3 Å². The molecule has 0 heterocycles. The molecular formula is C69H131NO5. The molecule has 6 heteroatoms. The first-order chi connectivity index (χ1) is 37.0. The highest BCUT2D eigenvalue weighted by atomic mass is 16.5. The molecule has 0 fully saturated rings. The van der Waals surface area contributed by atoms with E-state index >= 15 is 0 Å². The first kappa shape index (κ1) is 73.1. The second-order valence-electron chi connectivity index (χ2n) is 23.2. The fourth-order valence-corrected chi connectivity index (χ4v) is 10.5. The van der Waals surface area contributed by atoms with Crippen molar-refractivity contribution in [2.45, 2.75) is 379 Å². The minimum absolute atomic E-state index is 0.0175. The number of hydrogen-bond acceptors (Lipinski definition) is 5. The van der Waals surface area contributed by atoms with Crippen molar-refractivity contribution in [2.24, 2.45) is 0 Å². The Hall–Kier alpha value is -1.92. The van der Waals surface area contributed by atoms with E-state index in [1.807, 2.05) is 6.08 Å². The van der Waals surface area contributed by atoms with Crippen molar-refractivity contribution in [3.63, 3.8) is 0 Å². The average molecular weight is 1050 g/mol. The van der Waals surface area contributed by atoms with E-state index in [0.29, 0.717) is 19.4 Å². The Bertz CT molecular complexity index is 1210. The zero-order valence-corrected chi connectivity index (χ0v) is 50.5. The van der Waals surface area contributed by atoms with Gasteiger partial charge in [-0.3, -0.25) is 9.59 Å². The molecule has 0 aromatic carbocycles. The Morgan fingerprint density at radius 3 is 1.01 bits per heavy atom. The Balaban J connectivity index is 3.35. The third kappa shape index (κ3) is 61.2. The molecule has 442 valence electrons. The molecule has 0 spiro atoms. The van der Waals surface area contributed by atoms with Crippen LogP contribution in [0.25, 0.3) is 0 Å². The fourth-order valence-electron chi connectivity index (χ4n) is 10.5. The Labute approximate surface area is 468 Å². The number of hydrogen-bond donors (Lipinski definition) is 3. The molecule has 0 aliphatic rings. The molecule has 2 atom stereocenters. The zero-order valence-electron chi connectivity index (χ0n) is 50.5. The lowest BCUT2D eigenvalue weighted by Gasteiger charge is -2.20. The molecule has 0 aromatic heterocycles. The minimum Gasteiger partial charge on any atom is -0.466 e. The van der Waals surface area contributed by atoms with Crippen molar-refractivity contribution in [3.05, 3.63) is 36.5 Å². The molecule has 0 saturated heterocycles. The minimum atomic E-state index is -0.841. The van der Waals surface area contributed by atoms with E-state index in [2.05, 4.69) is 43.5 Å². The molecule has 75 heavy (non-hydrogen) atoms. The van der Waals surface area contributed by atoms with Gasteiger partial charge in [0.1, 0.15) is 0 Å². The molecule has 0 saturated carbocycles. The molecule has 2 unspecified atom stereocenters. The van der Waals surface area contributed by atoms with Crippen molar-refractivity contribution < 1.29 is 24.5 Å². The predicted molar refractivity (Wildman–Crippen MR) is 329 cm³/mol. The van der Waals surface area contributed by atoms with E-state index in [4.69, 9.17) is 4.74 Å². The second kappa shape index (κ2) is 64.6. The van der Waals surface area contributed by atoms with Gasteiger partial charge in [0.2, 0.25) is 5.91 Å². The third-order valence-electron chi connectivity index (χ3n) is 15.7. The van der Waals surface area contributed by atoms with Crippen LogP contribution >= 0.6 is 0 Å². The summed E-state index contributed by atoms with van der Waals surface area (Å²) in [5, 5.41) is 23.0. The molecule has 0 aliphatic heterocycles. The molecule has 0 bridgehead atoms. The smallest absolute Gasteiger partial charge is 0.305 e. The van der Waals surface area contributed by atoms with Crippen LogP contribution in [0.1, 0.15) is 367 Å². The van der Waals surface area contributed by atoms with Gasteiger partial charge in [0, 0.05) is 12.8 Å². The van der Waals surface area contributed by atoms with Gasteiger partial charge in [-0.05, 0) is 64.2 Å². The summed E-state index contributed by atoms with van der Waals surface area (Å²) in [7, 11) is 0. The molecular weight excluding hydrogens is 923 g/mol. The monoisotopic (exact) mass is 1050 g/mol. The van der Waals surface area contributed by atoms with Gasteiger partial charge in [-0.15, -0.1) is 0 Å². The molecule has 0 aliphatic carbocycles. The molecule has 0 rings (SSSR count). The number of rotatable bonds is 63. The number of ether oxygens (including phenoxy) is 1. The topological polar surface area (TPSA) is 95.9 Å². The van der Waals surface area contributed by atoms with E-state index in [0.717, 1.165) is 44.9 Å². The van der Waals surface area contributed by atoms with Crippen molar-refractivity contribution in [1.82, 2.24) is 5.32 Å². The summed E-state index contributed by atoms with van der Waals surface area (Å²) in [6.45, 7) is 4.90. The van der Waals surface area contributed by atoms with Crippen LogP contribution in [0.2, 0.25) is 0 Å². The number of allylic oxidation sites excluding steroid dienone is 5. The van der Waals surface area contributed by atoms with Crippen molar-refractivity contribution in [1.29, 1.82) is 0 Å². The van der Waals surface area contributed by atoms with Gasteiger partial charge in [0.05, 0.1) is 25.4 Å². The van der Waals surface area contributed by atoms with Crippen LogP contribution in [0.3, 0.4) is 0 Å². The Morgan fingerprint density at radius 2 is 0.667 bits per heavy atom. The van der Waals surface area contributed by atoms with Crippen LogP contribution in [-0.4, -0.2) is 47.4 Å². The maximum absolute atomic E-state index is 12.4. The normalized spacial score (nSPS) is 12.7. The van der Waals surface area contributed by atoms with Gasteiger partial charge in [0.25, 0.3) is 0 Å². The lowest BCUT2D eigenvalue weighted by molar-refractivity contribution is -0.143. The Morgan fingerprint density at radius 1 is 0.373 bits per heavy atom. The van der Waals surface area contributed by atoms with Crippen LogP contribution in [0.15, 0.2) is 36.5 Å². The van der Waals surface area contributed by atoms with Crippen molar-refractivity contribution in [2.75, 3.05) is 13.2 Å². The summed E-state index contributed by atoms with van der Waals surface area (Å²) in [6.07, 6.45) is 82.3. The van der Waals surface area contributed by atoms with Gasteiger partial charge in [-0.1, -0.05) is 326 Å². The van der Waals surface area contributed by atoms with Crippen molar-refractivity contribution >= 4 is 11.9 Å². The summed E-state index contributed by atoms with van der Waals surface area (Å²) in [5.74, 6) is -0.0504. The lowest BCUT2D eigenvalue weighted by atomic mass is 10.0. The number of unbranched alkanes of at least 4 members (excludes halogenated alkanes) is 48. The number of carbonyl (C=O) groups is 2. The first-order valence-electron chi connectivity index (χ1n) is 33.8. The van der Waals surface area contributed by atoms with E-state index in [1.165, 1.54) is 295 Å².